The maximum atomic E-state index is 11.3. The van der Waals surface area contributed by atoms with E-state index in [-0.39, 0.29) is 12.8 Å². The Hall–Kier alpha value is -1.36. The van der Waals surface area contributed by atoms with E-state index in [1.807, 2.05) is 6.08 Å². The normalized spacial score (nSPS) is 12.5. The first-order valence-corrected chi connectivity index (χ1v) is 7.40. The minimum absolute atomic E-state index is 0.0226. The number of esters is 1. The summed E-state index contributed by atoms with van der Waals surface area (Å²) in [4.78, 5) is 21.7. The van der Waals surface area contributed by atoms with E-state index in [4.69, 9.17) is 15.6 Å². The van der Waals surface area contributed by atoms with Gasteiger partial charge in [-0.3, -0.25) is 9.59 Å². The van der Waals surface area contributed by atoms with Crippen molar-refractivity contribution in [3.05, 3.63) is 12.3 Å². The van der Waals surface area contributed by atoms with Crippen molar-refractivity contribution in [2.24, 2.45) is 5.73 Å². The topological polar surface area (TPSA) is 89.6 Å². The van der Waals surface area contributed by atoms with Crippen LogP contribution in [0.2, 0.25) is 0 Å². The fraction of sp³-hybridized carbons (Fsp3) is 0.733. The lowest BCUT2D eigenvalue weighted by Gasteiger charge is -2.04. The molecule has 0 fully saturated rings. The van der Waals surface area contributed by atoms with Crippen LogP contribution >= 0.6 is 0 Å². The summed E-state index contributed by atoms with van der Waals surface area (Å²) in [6.45, 7) is 2.19. The number of nitrogens with two attached hydrogens (primary N) is 1. The van der Waals surface area contributed by atoms with Crippen molar-refractivity contribution in [3.63, 3.8) is 0 Å². The molecule has 5 heteroatoms. The molecule has 0 aromatic rings. The van der Waals surface area contributed by atoms with Crippen molar-refractivity contribution in [1.82, 2.24) is 0 Å². The van der Waals surface area contributed by atoms with Crippen LogP contribution in [0.3, 0.4) is 0 Å². The van der Waals surface area contributed by atoms with E-state index in [1.165, 1.54) is 38.4 Å². The molecule has 0 saturated carbocycles. The molecule has 0 aliphatic carbocycles. The fourth-order valence-corrected chi connectivity index (χ4v) is 1.69. The van der Waals surface area contributed by atoms with Gasteiger partial charge in [-0.15, -0.1) is 0 Å². The molecule has 116 valence electrons. The first-order valence-electron chi connectivity index (χ1n) is 7.40. The van der Waals surface area contributed by atoms with Gasteiger partial charge in [-0.1, -0.05) is 39.0 Å². The average Bonchev–Trinajstić information content (AvgIpc) is 2.42. The van der Waals surface area contributed by atoms with Gasteiger partial charge < -0.3 is 15.6 Å². The fourth-order valence-electron chi connectivity index (χ4n) is 1.69. The van der Waals surface area contributed by atoms with Crippen molar-refractivity contribution >= 4 is 11.9 Å². The van der Waals surface area contributed by atoms with Crippen molar-refractivity contribution in [2.75, 3.05) is 0 Å². The van der Waals surface area contributed by atoms with Gasteiger partial charge in [-0.05, 0) is 25.3 Å². The second kappa shape index (κ2) is 12.7. The molecule has 3 N–H and O–H groups in total. The average molecular weight is 285 g/mol. The van der Waals surface area contributed by atoms with Crippen LogP contribution in [0.25, 0.3) is 0 Å². The van der Waals surface area contributed by atoms with E-state index < -0.39 is 18.0 Å². The van der Waals surface area contributed by atoms with Crippen molar-refractivity contribution in [1.29, 1.82) is 0 Å². The Labute approximate surface area is 121 Å². The molecule has 0 aliphatic heterocycles. The van der Waals surface area contributed by atoms with Gasteiger partial charge in [0.1, 0.15) is 6.04 Å². The maximum Gasteiger partial charge on any atom is 0.320 e. The van der Waals surface area contributed by atoms with Gasteiger partial charge in [-0.25, -0.2) is 0 Å². The Morgan fingerprint density at radius 2 is 1.85 bits per heavy atom. The highest BCUT2D eigenvalue weighted by atomic mass is 16.5. The van der Waals surface area contributed by atoms with Crippen LogP contribution in [-0.4, -0.2) is 23.1 Å². The van der Waals surface area contributed by atoms with E-state index in [1.54, 1.807) is 0 Å². The summed E-state index contributed by atoms with van der Waals surface area (Å²) in [5.41, 5.74) is 5.28. The Bertz CT molecular complexity index is 302. The van der Waals surface area contributed by atoms with Gasteiger partial charge in [0.25, 0.3) is 0 Å². The molecule has 0 amide bonds. The second-order valence-corrected chi connectivity index (χ2v) is 4.90. The molecule has 0 rings (SSSR count). The molecule has 0 unspecified atom stereocenters. The number of hydrogen-bond acceptors (Lipinski definition) is 4. The predicted molar refractivity (Wildman–Crippen MR) is 78.1 cm³/mol. The molecule has 0 aliphatic rings. The summed E-state index contributed by atoms with van der Waals surface area (Å²) in [6, 6.07) is -1.00. The van der Waals surface area contributed by atoms with Gasteiger partial charge in [0.05, 0.1) is 6.26 Å². The summed E-state index contributed by atoms with van der Waals surface area (Å²) in [7, 11) is 0. The molecule has 20 heavy (non-hydrogen) atoms. The number of unbranched alkanes of at least 4 members (excludes halogenated alkanes) is 6. The molecule has 0 aromatic heterocycles. The molecule has 1 atom stereocenters. The molecule has 0 heterocycles. The SMILES string of the molecule is CCCCCCCC/C=C/OC(=O)CC[C@H](N)C(=O)O. The number of rotatable bonds is 12. The lowest BCUT2D eigenvalue weighted by Crippen LogP contribution is -2.30. The van der Waals surface area contributed by atoms with Gasteiger partial charge in [0, 0.05) is 6.42 Å². The number of carbonyl (C=O) groups excluding carboxylic acids is 1. The predicted octanol–water partition coefficient (Wildman–Crippen LogP) is 2.99. The molecule has 0 radical (unpaired) electrons. The van der Waals surface area contributed by atoms with Crippen LogP contribution in [0.1, 0.15) is 64.7 Å². The summed E-state index contributed by atoms with van der Waals surface area (Å²) in [5, 5.41) is 8.55. The zero-order valence-electron chi connectivity index (χ0n) is 12.3. The highest BCUT2D eigenvalue weighted by Crippen LogP contribution is 2.07. The molecule has 0 saturated heterocycles. The van der Waals surface area contributed by atoms with Gasteiger partial charge >= 0.3 is 11.9 Å². The maximum absolute atomic E-state index is 11.3. The highest BCUT2D eigenvalue weighted by molar-refractivity contribution is 5.75. The quantitative estimate of drug-likeness (QED) is 0.327. The molecule has 5 nitrogen and oxygen atoms in total. The Balaban J connectivity index is 3.45. The number of ether oxygens (including phenoxy) is 1. The zero-order chi connectivity index (χ0) is 15.2. The lowest BCUT2D eigenvalue weighted by atomic mass is 10.1. The van der Waals surface area contributed by atoms with Crippen LogP contribution in [0, 0.1) is 0 Å². The largest absolute Gasteiger partial charge is 0.480 e. The minimum Gasteiger partial charge on any atom is -0.480 e. The Kier molecular flexibility index (Phi) is 11.8. The second-order valence-electron chi connectivity index (χ2n) is 4.90. The first kappa shape index (κ1) is 18.6. The number of carbonyl (C=O) groups is 2. The third kappa shape index (κ3) is 11.7. The Morgan fingerprint density at radius 3 is 2.50 bits per heavy atom. The van der Waals surface area contributed by atoms with Gasteiger partial charge in [0.15, 0.2) is 0 Å². The van der Waals surface area contributed by atoms with Gasteiger partial charge in [0.2, 0.25) is 0 Å². The number of carboxylic acids is 1. The molecule has 0 aromatic carbocycles. The van der Waals surface area contributed by atoms with Crippen molar-refractivity contribution in [3.8, 4) is 0 Å². The summed E-state index contributed by atoms with van der Waals surface area (Å²) in [6.07, 6.45) is 11.6. The van der Waals surface area contributed by atoms with E-state index >= 15 is 0 Å². The zero-order valence-corrected chi connectivity index (χ0v) is 12.3. The van der Waals surface area contributed by atoms with Gasteiger partial charge in [-0.2, -0.15) is 0 Å². The van der Waals surface area contributed by atoms with Crippen LogP contribution in [0.5, 0.6) is 0 Å². The smallest absolute Gasteiger partial charge is 0.320 e. The number of aliphatic carboxylic acids is 1. The highest BCUT2D eigenvalue weighted by Gasteiger charge is 2.13. The molecular formula is C15H27NO4. The summed E-state index contributed by atoms with van der Waals surface area (Å²) in [5.74, 6) is -1.54. The Morgan fingerprint density at radius 1 is 1.20 bits per heavy atom. The first-order chi connectivity index (χ1) is 9.57. The molecule has 0 bridgehead atoms. The molecular weight excluding hydrogens is 258 g/mol. The standard InChI is InChI=1S/C15H27NO4/c1-2-3-4-5-6-7-8-9-12-20-14(17)11-10-13(16)15(18)19/h9,12-13H,2-8,10-11,16H2,1H3,(H,18,19)/b12-9+/t13-/m0/s1. The number of carboxylic acid groups (broad SMARTS) is 1. The van der Waals surface area contributed by atoms with Crippen LogP contribution < -0.4 is 5.73 Å². The third-order valence-electron chi connectivity index (χ3n) is 3.00. The van der Waals surface area contributed by atoms with E-state index in [0.29, 0.717) is 0 Å². The molecule has 0 spiro atoms. The third-order valence-corrected chi connectivity index (χ3v) is 3.00. The van der Waals surface area contributed by atoms with E-state index in [2.05, 4.69) is 6.92 Å². The van der Waals surface area contributed by atoms with Crippen LogP contribution in [-0.2, 0) is 14.3 Å². The van der Waals surface area contributed by atoms with E-state index in [9.17, 15) is 9.59 Å². The number of hydrogen-bond donors (Lipinski definition) is 2. The lowest BCUT2D eigenvalue weighted by molar-refractivity contribution is -0.140. The monoisotopic (exact) mass is 285 g/mol. The summed E-state index contributed by atoms with van der Waals surface area (Å²) >= 11 is 0. The van der Waals surface area contributed by atoms with Crippen LogP contribution in [0.4, 0.5) is 0 Å². The minimum atomic E-state index is -1.10. The van der Waals surface area contributed by atoms with Crippen molar-refractivity contribution in [2.45, 2.75) is 70.8 Å². The summed E-state index contributed by atoms with van der Waals surface area (Å²) < 4.78 is 4.85. The van der Waals surface area contributed by atoms with Crippen LogP contribution in [0.15, 0.2) is 12.3 Å². The van der Waals surface area contributed by atoms with Crippen molar-refractivity contribution < 1.29 is 19.4 Å². The number of allylic oxidation sites excluding steroid dienone is 1. The van der Waals surface area contributed by atoms with E-state index in [0.717, 1.165) is 12.8 Å².